The Hall–Kier alpha value is -0.570. The Balaban J connectivity index is 2.37. The summed E-state index contributed by atoms with van der Waals surface area (Å²) in [5.74, 6) is 0. The van der Waals surface area contributed by atoms with E-state index < -0.39 is 0 Å². The van der Waals surface area contributed by atoms with Crippen molar-refractivity contribution in [3.05, 3.63) is 34.9 Å². The first-order valence-electron chi connectivity index (χ1n) is 6.52. The molecule has 0 spiro atoms. The van der Waals surface area contributed by atoms with Crippen LogP contribution in [0.5, 0.6) is 0 Å². The fourth-order valence-corrected chi connectivity index (χ4v) is 2.01. The third kappa shape index (κ3) is 5.85. The van der Waals surface area contributed by atoms with Gasteiger partial charge in [-0.3, -0.25) is 0 Å². The van der Waals surface area contributed by atoms with Crippen LogP contribution in [0.1, 0.15) is 32.8 Å². The predicted molar refractivity (Wildman–Crippen MR) is 78.1 cm³/mol. The molecule has 1 unspecified atom stereocenters. The molecule has 0 aliphatic carbocycles. The SMILES string of the molecule is CC(Cc1ccc(Cl)cc1)NCC(C)(C)CCO. The zero-order chi connectivity index (χ0) is 13.6. The van der Waals surface area contributed by atoms with Crippen molar-refractivity contribution < 1.29 is 5.11 Å². The fraction of sp³-hybridized carbons (Fsp3) is 0.600. The molecule has 0 aliphatic heterocycles. The largest absolute Gasteiger partial charge is 0.396 e. The van der Waals surface area contributed by atoms with Gasteiger partial charge in [0.15, 0.2) is 0 Å². The highest BCUT2D eigenvalue weighted by atomic mass is 35.5. The van der Waals surface area contributed by atoms with Crippen molar-refractivity contribution >= 4 is 11.6 Å². The molecule has 102 valence electrons. The average molecular weight is 270 g/mol. The molecule has 0 bridgehead atoms. The van der Waals surface area contributed by atoms with Crippen LogP contribution in [0.15, 0.2) is 24.3 Å². The van der Waals surface area contributed by atoms with Crippen molar-refractivity contribution in [2.75, 3.05) is 13.2 Å². The van der Waals surface area contributed by atoms with E-state index in [0.717, 1.165) is 24.4 Å². The zero-order valence-electron chi connectivity index (χ0n) is 11.5. The smallest absolute Gasteiger partial charge is 0.0436 e. The zero-order valence-corrected chi connectivity index (χ0v) is 12.3. The number of aliphatic hydroxyl groups is 1. The van der Waals surface area contributed by atoms with Crippen molar-refractivity contribution in [3.8, 4) is 0 Å². The molecule has 1 aromatic rings. The molecule has 0 aliphatic rings. The van der Waals surface area contributed by atoms with E-state index in [-0.39, 0.29) is 12.0 Å². The topological polar surface area (TPSA) is 32.3 Å². The van der Waals surface area contributed by atoms with E-state index in [1.165, 1.54) is 5.56 Å². The van der Waals surface area contributed by atoms with Crippen molar-refractivity contribution in [1.82, 2.24) is 5.32 Å². The monoisotopic (exact) mass is 269 g/mol. The summed E-state index contributed by atoms with van der Waals surface area (Å²) in [6.07, 6.45) is 1.82. The summed E-state index contributed by atoms with van der Waals surface area (Å²) in [7, 11) is 0. The Labute approximate surface area is 115 Å². The molecule has 2 nitrogen and oxygen atoms in total. The summed E-state index contributed by atoms with van der Waals surface area (Å²) in [6, 6.07) is 8.42. The molecule has 1 aromatic carbocycles. The summed E-state index contributed by atoms with van der Waals surface area (Å²) in [5, 5.41) is 13.3. The summed E-state index contributed by atoms with van der Waals surface area (Å²) >= 11 is 5.86. The van der Waals surface area contributed by atoms with Crippen molar-refractivity contribution in [3.63, 3.8) is 0 Å². The summed E-state index contributed by atoms with van der Waals surface area (Å²) in [4.78, 5) is 0. The van der Waals surface area contributed by atoms with Crippen LogP contribution >= 0.6 is 11.6 Å². The lowest BCUT2D eigenvalue weighted by Gasteiger charge is -2.26. The number of rotatable bonds is 7. The predicted octanol–water partition coefficient (Wildman–Crippen LogP) is 3.27. The molecule has 0 saturated heterocycles. The van der Waals surface area contributed by atoms with E-state index in [9.17, 15) is 0 Å². The van der Waals surface area contributed by atoms with Crippen LogP contribution in [-0.4, -0.2) is 24.3 Å². The average Bonchev–Trinajstić information content (AvgIpc) is 2.30. The quantitative estimate of drug-likeness (QED) is 0.796. The minimum Gasteiger partial charge on any atom is -0.396 e. The van der Waals surface area contributed by atoms with Gasteiger partial charge in [-0.1, -0.05) is 37.6 Å². The van der Waals surface area contributed by atoms with Crippen LogP contribution in [-0.2, 0) is 6.42 Å². The number of halogens is 1. The van der Waals surface area contributed by atoms with Gasteiger partial charge < -0.3 is 10.4 Å². The van der Waals surface area contributed by atoms with Crippen LogP contribution < -0.4 is 5.32 Å². The van der Waals surface area contributed by atoms with Crippen LogP contribution in [0, 0.1) is 5.41 Å². The lowest BCUT2D eigenvalue weighted by Crippen LogP contribution is -2.37. The molecule has 2 N–H and O–H groups in total. The highest BCUT2D eigenvalue weighted by Crippen LogP contribution is 2.18. The lowest BCUT2D eigenvalue weighted by atomic mass is 9.89. The van der Waals surface area contributed by atoms with Crippen molar-refractivity contribution in [1.29, 1.82) is 0 Å². The molecule has 1 atom stereocenters. The minimum absolute atomic E-state index is 0.142. The summed E-state index contributed by atoms with van der Waals surface area (Å²) < 4.78 is 0. The van der Waals surface area contributed by atoms with E-state index >= 15 is 0 Å². The van der Waals surface area contributed by atoms with E-state index in [0.29, 0.717) is 6.04 Å². The van der Waals surface area contributed by atoms with Gasteiger partial charge in [0, 0.05) is 24.2 Å². The number of nitrogens with one attached hydrogen (secondary N) is 1. The second-order valence-electron chi connectivity index (χ2n) is 5.75. The van der Waals surface area contributed by atoms with E-state index in [4.69, 9.17) is 16.7 Å². The lowest BCUT2D eigenvalue weighted by molar-refractivity contribution is 0.203. The number of benzene rings is 1. The van der Waals surface area contributed by atoms with Gasteiger partial charge in [0.25, 0.3) is 0 Å². The van der Waals surface area contributed by atoms with Gasteiger partial charge in [0.05, 0.1) is 0 Å². The van der Waals surface area contributed by atoms with Crippen LogP contribution in [0.2, 0.25) is 5.02 Å². The summed E-state index contributed by atoms with van der Waals surface area (Å²) in [6.45, 7) is 7.70. The molecule has 0 aromatic heterocycles. The van der Waals surface area contributed by atoms with E-state index in [2.05, 4.69) is 38.2 Å². The Kier molecular flexibility index (Phi) is 6.13. The number of aliphatic hydroxyl groups excluding tert-OH is 1. The van der Waals surface area contributed by atoms with Gasteiger partial charge >= 0.3 is 0 Å². The van der Waals surface area contributed by atoms with Gasteiger partial charge in [-0.15, -0.1) is 0 Å². The molecular weight excluding hydrogens is 246 g/mol. The standard InChI is InChI=1S/C15H24ClNO/c1-12(17-11-15(2,3)8-9-18)10-13-4-6-14(16)7-5-13/h4-7,12,17-18H,8-11H2,1-3H3. The molecule has 0 saturated carbocycles. The Morgan fingerprint density at radius 1 is 1.28 bits per heavy atom. The van der Waals surface area contributed by atoms with Crippen LogP contribution in [0.4, 0.5) is 0 Å². The first-order valence-corrected chi connectivity index (χ1v) is 6.89. The van der Waals surface area contributed by atoms with E-state index in [1.807, 2.05) is 12.1 Å². The fourth-order valence-electron chi connectivity index (χ4n) is 1.89. The molecule has 3 heteroatoms. The maximum Gasteiger partial charge on any atom is 0.0436 e. The molecular formula is C15H24ClNO. The van der Waals surface area contributed by atoms with Crippen molar-refractivity contribution in [2.45, 2.75) is 39.7 Å². The van der Waals surface area contributed by atoms with Gasteiger partial charge in [0.2, 0.25) is 0 Å². The van der Waals surface area contributed by atoms with E-state index in [1.54, 1.807) is 0 Å². The van der Waals surface area contributed by atoms with Gasteiger partial charge in [-0.05, 0) is 42.9 Å². The second kappa shape index (κ2) is 7.13. The Bertz CT molecular complexity index is 348. The highest BCUT2D eigenvalue weighted by molar-refractivity contribution is 6.30. The molecule has 18 heavy (non-hydrogen) atoms. The summed E-state index contributed by atoms with van der Waals surface area (Å²) in [5.41, 5.74) is 1.43. The minimum atomic E-state index is 0.142. The van der Waals surface area contributed by atoms with Gasteiger partial charge in [-0.25, -0.2) is 0 Å². The number of hydrogen-bond donors (Lipinski definition) is 2. The second-order valence-corrected chi connectivity index (χ2v) is 6.19. The maximum atomic E-state index is 8.99. The molecule has 1 rings (SSSR count). The van der Waals surface area contributed by atoms with Crippen LogP contribution in [0.3, 0.4) is 0 Å². The highest BCUT2D eigenvalue weighted by Gasteiger charge is 2.17. The molecule has 0 amide bonds. The molecule has 0 heterocycles. The normalized spacial score (nSPS) is 13.6. The Morgan fingerprint density at radius 2 is 1.89 bits per heavy atom. The molecule has 0 fully saturated rings. The third-order valence-electron chi connectivity index (χ3n) is 3.17. The van der Waals surface area contributed by atoms with Crippen molar-refractivity contribution in [2.24, 2.45) is 5.41 Å². The maximum absolute atomic E-state index is 8.99. The molecule has 0 radical (unpaired) electrons. The number of hydrogen-bond acceptors (Lipinski definition) is 2. The Morgan fingerprint density at radius 3 is 2.44 bits per heavy atom. The van der Waals surface area contributed by atoms with Crippen LogP contribution in [0.25, 0.3) is 0 Å². The third-order valence-corrected chi connectivity index (χ3v) is 3.42. The first-order chi connectivity index (χ1) is 8.43. The first kappa shape index (κ1) is 15.5. The van der Waals surface area contributed by atoms with Gasteiger partial charge in [-0.2, -0.15) is 0 Å². The van der Waals surface area contributed by atoms with Gasteiger partial charge in [0.1, 0.15) is 0 Å².